The van der Waals surface area contributed by atoms with Gasteiger partial charge in [0.05, 0.1) is 12.2 Å². The van der Waals surface area contributed by atoms with Crippen LogP contribution in [-0.2, 0) is 4.74 Å². The van der Waals surface area contributed by atoms with Gasteiger partial charge in [-0.2, -0.15) is 11.8 Å². The smallest absolute Gasteiger partial charge is 0.0963 e. The number of likely N-dealkylation sites (N-methyl/N-ethyl adjacent to an activating group) is 1. The minimum absolute atomic E-state index is 0.176. The van der Waals surface area contributed by atoms with Crippen molar-refractivity contribution in [3.63, 3.8) is 0 Å². The molecule has 1 aliphatic rings. The van der Waals surface area contributed by atoms with Crippen molar-refractivity contribution in [2.24, 2.45) is 0 Å². The van der Waals surface area contributed by atoms with Crippen LogP contribution in [0.15, 0.2) is 30.5 Å². The molecular formula is C15H20N2OS. The summed E-state index contributed by atoms with van der Waals surface area (Å²) < 4.78 is 6.28. The van der Waals surface area contributed by atoms with Crippen molar-refractivity contribution < 1.29 is 4.74 Å². The SMILES string of the molecule is CSCC1CN(C)CC(c2cccc3[nH]ccc23)O1. The molecule has 0 saturated carbocycles. The second-order valence-corrected chi connectivity index (χ2v) is 6.12. The van der Waals surface area contributed by atoms with Gasteiger partial charge < -0.3 is 14.6 Å². The molecule has 0 aliphatic carbocycles. The molecule has 2 unspecified atom stereocenters. The second kappa shape index (κ2) is 5.57. The molecule has 1 aromatic heterocycles. The largest absolute Gasteiger partial charge is 0.367 e. The Hall–Kier alpha value is -0.970. The zero-order valence-electron chi connectivity index (χ0n) is 11.4. The van der Waals surface area contributed by atoms with Gasteiger partial charge in [-0.05, 0) is 31.0 Å². The standard InChI is InChI=1S/C15H20N2OS/c1-17-8-11(10-19-2)18-15(9-17)13-4-3-5-14-12(13)6-7-16-14/h3-7,11,15-16H,8-10H2,1-2H3. The quantitative estimate of drug-likeness (QED) is 0.934. The molecule has 0 bridgehead atoms. The lowest BCUT2D eigenvalue weighted by Gasteiger charge is -2.36. The van der Waals surface area contributed by atoms with E-state index in [-0.39, 0.29) is 6.10 Å². The van der Waals surface area contributed by atoms with Crippen LogP contribution in [0.2, 0.25) is 0 Å². The van der Waals surface area contributed by atoms with Gasteiger partial charge in [0.15, 0.2) is 0 Å². The highest BCUT2D eigenvalue weighted by atomic mass is 32.2. The maximum absolute atomic E-state index is 6.28. The van der Waals surface area contributed by atoms with Crippen LogP contribution in [0.1, 0.15) is 11.7 Å². The van der Waals surface area contributed by atoms with Crippen molar-refractivity contribution in [2.45, 2.75) is 12.2 Å². The Morgan fingerprint density at radius 1 is 1.37 bits per heavy atom. The normalized spacial score (nSPS) is 24.9. The predicted molar refractivity (Wildman–Crippen MR) is 81.8 cm³/mol. The first-order chi connectivity index (χ1) is 9.28. The van der Waals surface area contributed by atoms with E-state index in [0.29, 0.717) is 6.10 Å². The third-order valence-electron chi connectivity index (χ3n) is 3.68. The Bertz CT molecular complexity index is 554. The topological polar surface area (TPSA) is 28.3 Å². The molecule has 2 heterocycles. The number of nitrogens with one attached hydrogen (secondary N) is 1. The number of aromatic nitrogens is 1. The molecule has 2 atom stereocenters. The van der Waals surface area contributed by atoms with Gasteiger partial charge in [-0.15, -0.1) is 0 Å². The molecule has 19 heavy (non-hydrogen) atoms. The number of aromatic amines is 1. The summed E-state index contributed by atoms with van der Waals surface area (Å²) in [5, 5.41) is 1.28. The fourth-order valence-electron chi connectivity index (χ4n) is 2.86. The molecule has 1 aliphatic heterocycles. The highest BCUT2D eigenvalue weighted by molar-refractivity contribution is 7.98. The van der Waals surface area contributed by atoms with Crippen LogP contribution in [-0.4, -0.2) is 48.1 Å². The number of fused-ring (bicyclic) bond motifs is 1. The summed E-state index contributed by atoms with van der Waals surface area (Å²) in [7, 11) is 2.18. The molecule has 3 rings (SSSR count). The van der Waals surface area contributed by atoms with E-state index < -0.39 is 0 Å². The molecule has 1 saturated heterocycles. The number of hydrogen-bond donors (Lipinski definition) is 1. The number of thioether (sulfide) groups is 1. The molecule has 1 N–H and O–H groups in total. The minimum Gasteiger partial charge on any atom is -0.367 e. The highest BCUT2D eigenvalue weighted by Crippen LogP contribution is 2.30. The molecule has 2 aromatic rings. The van der Waals surface area contributed by atoms with Gasteiger partial charge in [-0.1, -0.05) is 12.1 Å². The molecule has 3 nitrogen and oxygen atoms in total. The lowest BCUT2D eigenvalue weighted by atomic mass is 10.0. The maximum atomic E-state index is 6.28. The molecule has 0 radical (unpaired) electrons. The fraction of sp³-hybridized carbons (Fsp3) is 0.467. The molecule has 102 valence electrons. The second-order valence-electron chi connectivity index (χ2n) is 5.21. The van der Waals surface area contributed by atoms with Crippen molar-refractivity contribution in [3.8, 4) is 0 Å². The highest BCUT2D eigenvalue weighted by Gasteiger charge is 2.27. The third-order valence-corrected chi connectivity index (χ3v) is 4.38. The van der Waals surface area contributed by atoms with E-state index in [1.54, 1.807) is 0 Å². The summed E-state index contributed by atoms with van der Waals surface area (Å²) in [6.45, 7) is 2.00. The maximum Gasteiger partial charge on any atom is 0.0963 e. The van der Waals surface area contributed by atoms with Gasteiger partial charge >= 0.3 is 0 Å². The van der Waals surface area contributed by atoms with Crippen LogP contribution < -0.4 is 0 Å². The van der Waals surface area contributed by atoms with E-state index in [1.807, 2.05) is 18.0 Å². The molecule has 0 amide bonds. The van der Waals surface area contributed by atoms with Crippen LogP contribution >= 0.6 is 11.8 Å². The summed E-state index contributed by atoms with van der Waals surface area (Å²) in [5.41, 5.74) is 2.49. The summed E-state index contributed by atoms with van der Waals surface area (Å²) in [6.07, 6.45) is 4.64. The first kappa shape index (κ1) is 13.0. The lowest BCUT2D eigenvalue weighted by Crippen LogP contribution is -2.42. The van der Waals surface area contributed by atoms with E-state index >= 15 is 0 Å². The first-order valence-corrected chi connectivity index (χ1v) is 8.06. The van der Waals surface area contributed by atoms with Crippen LogP contribution in [0.25, 0.3) is 10.9 Å². The Morgan fingerprint density at radius 2 is 2.26 bits per heavy atom. The van der Waals surface area contributed by atoms with Gasteiger partial charge in [-0.25, -0.2) is 0 Å². The van der Waals surface area contributed by atoms with Crippen LogP contribution in [0.3, 0.4) is 0 Å². The third kappa shape index (κ3) is 2.66. The van der Waals surface area contributed by atoms with Gasteiger partial charge in [0, 0.05) is 35.9 Å². The average molecular weight is 276 g/mol. The van der Waals surface area contributed by atoms with Crippen molar-refractivity contribution in [1.82, 2.24) is 9.88 Å². The van der Waals surface area contributed by atoms with Crippen LogP contribution in [0, 0.1) is 0 Å². The van der Waals surface area contributed by atoms with E-state index in [4.69, 9.17) is 4.74 Å². The minimum atomic E-state index is 0.176. The van der Waals surface area contributed by atoms with Crippen molar-refractivity contribution in [3.05, 3.63) is 36.0 Å². The molecular weight excluding hydrogens is 256 g/mol. The molecule has 1 fully saturated rings. The Balaban J connectivity index is 1.90. The van der Waals surface area contributed by atoms with Crippen LogP contribution in [0.4, 0.5) is 0 Å². The summed E-state index contributed by atoms with van der Waals surface area (Å²) in [4.78, 5) is 5.65. The predicted octanol–water partition coefficient (Wildman–Crippen LogP) is 2.90. The van der Waals surface area contributed by atoms with E-state index in [9.17, 15) is 0 Å². The number of benzene rings is 1. The Labute approximate surface area is 118 Å². The van der Waals surface area contributed by atoms with E-state index in [0.717, 1.165) is 18.8 Å². The molecule has 4 heteroatoms. The molecule has 0 spiro atoms. The van der Waals surface area contributed by atoms with E-state index in [1.165, 1.54) is 16.5 Å². The Morgan fingerprint density at radius 3 is 3.11 bits per heavy atom. The lowest BCUT2D eigenvalue weighted by molar-refractivity contribution is -0.0686. The van der Waals surface area contributed by atoms with Gasteiger partial charge in [0.25, 0.3) is 0 Å². The molecule has 1 aromatic carbocycles. The summed E-state index contributed by atoms with van der Waals surface area (Å²) >= 11 is 1.85. The van der Waals surface area contributed by atoms with Crippen molar-refractivity contribution >= 4 is 22.7 Å². The van der Waals surface area contributed by atoms with Crippen molar-refractivity contribution in [1.29, 1.82) is 0 Å². The van der Waals surface area contributed by atoms with Gasteiger partial charge in [0.2, 0.25) is 0 Å². The zero-order valence-corrected chi connectivity index (χ0v) is 12.2. The zero-order chi connectivity index (χ0) is 13.2. The summed E-state index contributed by atoms with van der Waals surface area (Å²) in [5.74, 6) is 1.06. The number of H-pyrrole nitrogens is 1. The van der Waals surface area contributed by atoms with Gasteiger partial charge in [-0.3, -0.25) is 0 Å². The van der Waals surface area contributed by atoms with Gasteiger partial charge in [0.1, 0.15) is 0 Å². The van der Waals surface area contributed by atoms with E-state index in [2.05, 4.69) is 47.5 Å². The Kier molecular flexibility index (Phi) is 3.82. The number of hydrogen-bond acceptors (Lipinski definition) is 3. The number of rotatable bonds is 3. The number of morpholine rings is 1. The summed E-state index contributed by atoms with van der Waals surface area (Å²) in [6, 6.07) is 8.56. The average Bonchev–Trinajstić information content (AvgIpc) is 2.86. The van der Waals surface area contributed by atoms with Crippen molar-refractivity contribution in [2.75, 3.05) is 32.1 Å². The number of nitrogens with zero attached hydrogens (tertiary/aromatic N) is 1. The number of ether oxygens (including phenoxy) is 1. The monoisotopic (exact) mass is 276 g/mol. The fourth-order valence-corrected chi connectivity index (χ4v) is 3.42. The van der Waals surface area contributed by atoms with Crippen LogP contribution in [0.5, 0.6) is 0 Å². The first-order valence-electron chi connectivity index (χ1n) is 6.67.